The van der Waals surface area contributed by atoms with Crippen LogP contribution in [0.5, 0.6) is 0 Å². The maximum absolute atomic E-state index is 13.9. The molecule has 0 saturated carbocycles. The molecular formula is C15H7Cl3FNO. The predicted octanol–water partition coefficient (Wildman–Crippen LogP) is 5.50. The second-order valence-corrected chi connectivity index (χ2v) is 5.75. The van der Waals surface area contributed by atoms with Crippen LogP contribution in [0.3, 0.4) is 0 Å². The normalized spacial score (nSPS) is 11.0. The van der Waals surface area contributed by atoms with Gasteiger partial charge in [-0.15, -0.1) is 0 Å². The maximum Gasteiger partial charge on any atom is 0.198 e. The number of benzene rings is 2. The SMILES string of the molecule is O=C(c1ccc(Cl)cc1F)c1c[nH]c2cc(Cl)cc(Cl)c12. The standard InChI is InChI=1S/C15H7Cl3FNO/c16-7-1-2-9(12(19)4-7)15(21)10-6-20-13-5-8(17)3-11(18)14(10)13/h1-6,20H. The average Bonchev–Trinajstić information content (AvgIpc) is 2.81. The molecule has 1 heterocycles. The summed E-state index contributed by atoms with van der Waals surface area (Å²) in [4.78, 5) is 15.4. The number of carbonyl (C=O) groups excluding carboxylic acids is 1. The van der Waals surface area contributed by atoms with Gasteiger partial charge in [0.05, 0.1) is 10.6 Å². The molecule has 0 aliphatic rings. The van der Waals surface area contributed by atoms with Crippen LogP contribution in [0.2, 0.25) is 15.1 Å². The van der Waals surface area contributed by atoms with Crippen molar-refractivity contribution < 1.29 is 9.18 Å². The molecule has 0 amide bonds. The van der Waals surface area contributed by atoms with E-state index in [0.717, 1.165) is 6.07 Å². The Kier molecular flexibility index (Phi) is 3.66. The number of hydrogen-bond donors (Lipinski definition) is 1. The molecular weight excluding hydrogens is 336 g/mol. The highest BCUT2D eigenvalue weighted by molar-refractivity contribution is 6.40. The summed E-state index contributed by atoms with van der Waals surface area (Å²) in [6.07, 6.45) is 1.49. The number of halogens is 4. The summed E-state index contributed by atoms with van der Waals surface area (Å²) < 4.78 is 13.9. The Hall–Kier alpha value is -1.55. The lowest BCUT2D eigenvalue weighted by molar-refractivity contribution is 0.103. The van der Waals surface area contributed by atoms with Crippen molar-refractivity contribution in [1.29, 1.82) is 0 Å². The molecule has 0 saturated heterocycles. The molecule has 0 aliphatic carbocycles. The van der Waals surface area contributed by atoms with Crippen molar-refractivity contribution in [1.82, 2.24) is 4.98 Å². The van der Waals surface area contributed by atoms with Gasteiger partial charge >= 0.3 is 0 Å². The van der Waals surface area contributed by atoms with Crippen molar-refractivity contribution in [2.45, 2.75) is 0 Å². The minimum Gasteiger partial charge on any atom is -0.360 e. The lowest BCUT2D eigenvalue weighted by Gasteiger charge is -2.03. The zero-order chi connectivity index (χ0) is 15.1. The van der Waals surface area contributed by atoms with Crippen LogP contribution in [0.15, 0.2) is 36.5 Å². The van der Waals surface area contributed by atoms with E-state index < -0.39 is 11.6 Å². The summed E-state index contributed by atoms with van der Waals surface area (Å²) in [5.74, 6) is -1.15. The third kappa shape index (κ3) is 2.53. The lowest BCUT2D eigenvalue weighted by atomic mass is 10.0. The molecule has 6 heteroatoms. The van der Waals surface area contributed by atoms with Crippen molar-refractivity contribution in [3.05, 3.63) is 68.5 Å². The van der Waals surface area contributed by atoms with E-state index in [1.54, 1.807) is 6.07 Å². The summed E-state index contributed by atoms with van der Waals surface area (Å²) in [6, 6.07) is 7.10. The van der Waals surface area contributed by atoms with E-state index in [2.05, 4.69) is 4.98 Å². The zero-order valence-electron chi connectivity index (χ0n) is 10.4. The summed E-state index contributed by atoms with van der Waals surface area (Å²) in [5, 5.41) is 1.52. The molecule has 21 heavy (non-hydrogen) atoms. The Labute approximate surface area is 134 Å². The van der Waals surface area contributed by atoms with Crippen LogP contribution in [0.4, 0.5) is 4.39 Å². The molecule has 1 N–H and O–H groups in total. The number of carbonyl (C=O) groups is 1. The number of aromatic nitrogens is 1. The Morgan fingerprint density at radius 2 is 1.76 bits per heavy atom. The second kappa shape index (κ2) is 5.34. The van der Waals surface area contributed by atoms with Crippen molar-refractivity contribution in [3.8, 4) is 0 Å². The van der Waals surface area contributed by atoms with Crippen LogP contribution in [-0.4, -0.2) is 10.8 Å². The highest BCUT2D eigenvalue weighted by Gasteiger charge is 2.19. The molecule has 0 aliphatic heterocycles. The fourth-order valence-corrected chi connectivity index (χ4v) is 2.94. The zero-order valence-corrected chi connectivity index (χ0v) is 12.7. The van der Waals surface area contributed by atoms with Crippen molar-refractivity contribution >= 4 is 51.5 Å². The first-order valence-corrected chi connectivity index (χ1v) is 7.06. The minimum atomic E-state index is -0.674. The Bertz CT molecular complexity index is 873. The Morgan fingerprint density at radius 1 is 1.00 bits per heavy atom. The molecule has 1 aromatic heterocycles. The number of nitrogens with one attached hydrogen (secondary N) is 1. The molecule has 2 nitrogen and oxygen atoms in total. The first kappa shape index (κ1) is 14.4. The Balaban J connectivity index is 2.18. The molecule has 0 radical (unpaired) electrons. The number of H-pyrrole nitrogens is 1. The fourth-order valence-electron chi connectivity index (χ4n) is 2.18. The van der Waals surface area contributed by atoms with E-state index in [-0.39, 0.29) is 16.1 Å². The predicted molar refractivity (Wildman–Crippen MR) is 83.2 cm³/mol. The topological polar surface area (TPSA) is 32.9 Å². The van der Waals surface area contributed by atoms with Crippen LogP contribution >= 0.6 is 34.8 Å². The number of hydrogen-bond acceptors (Lipinski definition) is 1. The highest BCUT2D eigenvalue weighted by Crippen LogP contribution is 2.32. The third-order valence-electron chi connectivity index (χ3n) is 3.12. The van der Waals surface area contributed by atoms with Crippen molar-refractivity contribution in [2.75, 3.05) is 0 Å². The van der Waals surface area contributed by atoms with E-state index in [4.69, 9.17) is 34.8 Å². The van der Waals surface area contributed by atoms with E-state index in [1.165, 1.54) is 24.4 Å². The van der Waals surface area contributed by atoms with E-state index in [1.807, 2.05) is 0 Å². The molecule has 0 unspecified atom stereocenters. The second-order valence-electron chi connectivity index (χ2n) is 4.47. The van der Waals surface area contributed by atoms with E-state index in [9.17, 15) is 9.18 Å². The van der Waals surface area contributed by atoms with E-state index in [0.29, 0.717) is 20.9 Å². The van der Waals surface area contributed by atoms with Gasteiger partial charge in [-0.3, -0.25) is 4.79 Å². The van der Waals surface area contributed by atoms with Gasteiger partial charge in [0.15, 0.2) is 5.78 Å². The van der Waals surface area contributed by atoms with E-state index >= 15 is 0 Å². The van der Waals surface area contributed by atoms with Gasteiger partial charge in [-0.05, 0) is 30.3 Å². The summed E-state index contributed by atoms with van der Waals surface area (Å²) >= 11 is 17.7. The Morgan fingerprint density at radius 3 is 2.48 bits per heavy atom. The van der Waals surface area contributed by atoms with Crippen LogP contribution in [0, 0.1) is 5.82 Å². The number of rotatable bonds is 2. The smallest absolute Gasteiger partial charge is 0.198 e. The molecule has 3 rings (SSSR count). The molecule has 2 aromatic carbocycles. The fraction of sp³-hybridized carbons (Fsp3) is 0. The van der Waals surface area contributed by atoms with Gasteiger partial charge in [0.1, 0.15) is 5.82 Å². The van der Waals surface area contributed by atoms with Gasteiger partial charge in [-0.1, -0.05) is 34.8 Å². The first-order chi connectivity index (χ1) is 9.97. The van der Waals surface area contributed by atoms with Crippen molar-refractivity contribution in [3.63, 3.8) is 0 Å². The van der Waals surface area contributed by atoms with Gasteiger partial charge in [0, 0.05) is 32.7 Å². The number of fused-ring (bicyclic) bond motifs is 1. The van der Waals surface area contributed by atoms with Crippen LogP contribution < -0.4 is 0 Å². The number of ketones is 1. The van der Waals surface area contributed by atoms with Gasteiger partial charge in [-0.25, -0.2) is 4.39 Å². The minimum absolute atomic E-state index is 0.0636. The summed E-state index contributed by atoms with van der Waals surface area (Å²) in [6.45, 7) is 0. The summed E-state index contributed by atoms with van der Waals surface area (Å²) in [5.41, 5.74) is 0.837. The van der Waals surface area contributed by atoms with Gasteiger partial charge < -0.3 is 4.98 Å². The average molecular weight is 343 g/mol. The quantitative estimate of drug-likeness (QED) is 0.613. The molecule has 0 atom stereocenters. The van der Waals surface area contributed by atoms with Gasteiger partial charge in [-0.2, -0.15) is 0 Å². The van der Waals surface area contributed by atoms with Crippen LogP contribution in [0.1, 0.15) is 15.9 Å². The summed E-state index contributed by atoms with van der Waals surface area (Å²) in [7, 11) is 0. The number of aromatic amines is 1. The lowest BCUT2D eigenvalue weighted by Crippen LogP contribution is -2.03. The first-order valence-electron chi connectivity index (χ1n) is 5.93. The molecule has 106 valence electrons. The van der Waals surface area contributed by atoms with Crippen LogP contribution in [-0.2, 0) is 0 Å². The van der Waals surface area contributed by atoms with Crippen LogP contribution in [0.25, 0.3) is 10.9 Å². The largest absolute Gasteiger partial charge is 0.360 e. The van der Waals surface area contributed by atoms with Gasteiger partial charge in [0.25, 0.3) is 0 Å². The molecule has 0 bridgehead atoms. The maximum atomic E-state index is 13.9. The third-order valence-corrected chi connectivity index (χ3v) is 3.87. The monoisotopic (exact) mass is 341 g/mol. The van der Waals surface area contributed by atoms with Crippen molar-refractivity contribution in [2.24, 2.45) is 0 Å². The highest BCUT2D eigenvalue weighted by atomic mass is 35.5. The molecule has 0 spiro atoms. The molecule has 0 fully saturated rings. The van der Waals surface area contributed by atoms with Gasteiger partial charge in [0.2, 0.25) is 0 Å². The molecule has 3 aromatic rings.